The largest absolute Gasteiger partial charge is 0.290 e. The van der Waals surface area contributed by atoms with E-state index in [9.17, 15) is 4.39 Å². The number of rotatable bonds is 3. The van der Waals surface area contributed by atoms with Crippen molar-refractivity contribution in [1.82, 2.24) is 9.88 Å². The average molecular weight is 276 g/mol. The Hall–Kier alpha value is -1.26. The third-order valence-corrected chi connectivity index (χ3v) is 4.47. The van der Waals surface area contributed by atoms with Crippen molar-refractivity contribution in [3.63, 3.8) is 0 Å². The van der Waals surface area contributed by atoms with E-state index in [2.05, 4.69) is 15.3 Å². The Morgan fingerprint density at radius 1 is 1.37 bits per heavy atom. The first-order valence-electron chi connectivity index (χ1n) is 6.63. The summed E-state index contributed by atoms with van der Waals surface area (Å²) in [5, 5.41) is 3.25. The summed E-state index contributed by atoms with van der Waals surface area (Å²) in [4.78, 5) is 6.98. The van der Waals surface area contributed by atoms with E-state index in [1.54, 1.807) is 23.5 Å². The maximum absolute atomic E-state index is 13.0. The lowest BCUT2D eigenvalue weighted by molar-refractivity contribution is 0.246. The highest BCUT2D eigenvalue weighted by atomic mass is 32.1. The van der Waals surface area contributed by atoms with Gasteiger partial charge < -0.3 is 0 Å². The van der Waals surface area contributed by atoms with Gasteiger partial charge in [0.2, 0.25) is 0 Å². The summed E-state index contributed by atoms with van der Waals surface area (Å²) < 4.78 is 13.0. The first kappa shape index (κ1) is 12.8. The van der Waals surface area contributed by atoms with Gasteiger partial charge in [0.15, 0.2) is 0 Å². The van der Waals surface area contributed by atoms with Gasteiger partial charge in [-0.25, -0.2) is 9.37 Å². The van der Waals surface area contributed by atoms with Crippen molar-refractivity contribution in [2.75, 3.05) is 6.54 Å². The number of aromatic nitrogens is 1. The first-order valence-corrected chi connectivity index (χ1v) is 7.51. The smallest absolute Gasteiger partial charge is 0.123 e. The number of nitrogens with zero attached hydrogens (tertiary/aromatic N) is 2. The van der Waals surface area contributed by atoms with Crippen molar-refractivity contribution in [2.45, 2.75) is 32.4 Å². The van der Waals surface area contributed by atoms with Crippen LogP contribution in [0, 0.1) is 12.7 Å². The van der Waals surface area contributed by atoms with Gasteiger partial charge in [0.05, 0.1) is 10.7 Å². The van der Waals surface area contributed by atoms with Crippen molar-refractivity contribution in [3.8, 4) is 0 Å². The van der Waals surface area contributed by atoms with Crippen LogP contribution in [0.25, 0.3) is 0 Å². The molecule has 19 heavy (non-hydrogen) atoms. The number of likely N-dealkylation sites (tertiary alicyclic amines) is 1. The standard InChI is InChI=1S/C15H17FN2S/c1-11-17-14(10-19-11)9-18-8-2-3-15(18)12-4-6-13(16)7-5-12/h4-7,10,15H,2-3,8-9H2,1H3. The molecule has 1 aromatic carbocycles. The lowest BCUT2D eigenvalue weighted by Crippen LogP contribution is -2.22. The third-order valence-electron chi connectivity index (χ3n) is 3.65. The number of hydrogen-bond acceptors (Lipinski definition) is 3. The summed E-state index contributed by atoms with van der Waals surface area (Å²) in [5.41, 5.74) is 2.36. The fourth-order valence-electron chi connectivity index (χ4n) is 2.77. The van der Waals surface area contributed by atoms with Crippen LogP contribution in [0.4, 0.5) is 4.39 Å². The molecule has 1 aliphatic rings. The molecule has 1 unspecified atom stereocenters. The van der Waals surface area contributed by atoms with Gasteiger partial charge >= 0.3 is 0 Å². The molecule has 2 aromatic rings. The molecule has 1 fully saturated rings. The molecule has 3 rings (SSSR count). The summed E-state index contributed by atoms with van der Waals surface area (Å²) in [6.07, 6.45) is 2.35. The fourth-order valence-corrected chi connectivity index (χ4v) is 3.37. The minimum atomic E-state index is -0.163. The van der Waals surface area contributed by atoms with E-state index in [0.29, 0.717) is 6.04 Å². The molecule has 1 aromatic heterocycles. The number of halogens is 1. The molecule has 0 spiro atoms. The minimum absolute atomic E-state index is 0.163. The van der Waals surface area contributed by atoms with Gasteiger partial charge in [-0.05, 0) is 44.0 Å². The molecule has 0 amide bonds. The molecule has 2 heterocycles. The van der Waals surface area contributed by atoms with Crippen LogP contribution in [0.1, 0.15) is 35.1 Å². The predicted molar refractivity (Wildman–Crippen MR) is 75.6 cm³/mol. The monoisotopic (exact) mass is 276 g/mol. The third kappa shape index (κ3) is 2.85. The molecule has 0 bridgehead atoms. The molecular formula is C15H17FN2S. The zero-order chi connectivity index (χ0) is 13.2. The van der Waals surface area contributed by atoms with Crippen molar-refractivity contribution in [1.29, 1.82) is 0 Å². The normalized spacial score (nSPS) is 20.0. The van der Waals surface area contributed by atoms with Gasteiger partial charge in [-0.3, -0.25) is 4.90 Å². The zero-order valence-electron chi connectivity index (χ0n) is 11.0. The van der Waals surface area contributed by atoms with Crippen LogP contribution in [0.2, 0.25) is 0 Å². The van der Waals surface area contributed by atoms with Crippen molar-refractivity contribution >= 4 is 11.3 Å². The highest BCUT2D eigenvalue weighted by Crippen LogP contribution is 2.33. The molecule has 0 saturated carbocycles. The first-order chi connectivity index (χ1) is 9.22. The summed E-state index contributed by atoms with van der Waals surface area (Å²) in [5.74, 6) is -0.163. The van der Waals surface area contributed by atoms with Crippen LogP contribution in [0.5, 0.6) is 0 Å². The number of hydrogen-bond donors (Lipinski definition) is 0. The Balaban J connectivity index is 1.76. The van der Waals surface area contributed by atoms with Crippen LogP contribution in [0.3, 0.4) is 0 Å². The lowest BCUT2D eigenvalue weighted by atomic mass is 10.0. The number of aryl methyl sites for hydroxylation is 1. The second kappa shape index (κ2) is 5.39. The van der Waals surface area contributed by atoms with Crippen molar-refractivity contribution in [3.05, 3.63) is 51.7 Å². The van der Waals surface area contributed by atoms with Gasteiger partial charge in [-0.2, -0.15) is 0 Å². The van der Waals surface area contributed by atoms with E-state index in [4.69, 9.17) is 0 Å². The van der Waals surface area contributed by atoms with E-state index in [1.165, 1.54) is 12.0 Å². The van der Waals surface area contributed by atoms with E-state index in [1.807, 2.05) is 19.1 Å². The molecule has 0 aliphatic carbocycles. The van der Waals surface area contributed by atoms with Gasteiger partial charge in [0.25, 0.3) is 0 Å². The predicted octanol–water partition coefficient (Wildman–Crippen LogP) is 3.93. The Morgan fingerprint density at radius 2 is 2.16 bits per heavy atom. The zero-order valence-corrected chi connectivity index (χ0v) is 11.8. The molecule has 1 aliphatic heterocycles. The summed E-state index contributed by atoms with van der Waals surface area (Å²) in [6.45, 7) is 4.03. The molecular weight excluding hydrogens is 259 g/mol. The topological polar surface area (TPSA) is 16.1 Å². The molecule has 1 atom stereocenters. The molecule has 2 nitrogen and oxygen atoms in total. The van der Waals surface area contributed by atoms with E-state index >= 15 is 0 Å². The molecule has 0 radical (unpaired) electrons. The Labute approximate surface area is 116 Å². The Bertz CT molecular complexity index is 550. The summed E-state index contributed by atoms with van der Waals surface area (Å²) in [6, 6.07) is 7.33. The van der Waals surface area contributed by atoms with Crippen molar-refractivity contribution in [2.24, 2.45) is 0 Å². The molecule has 0 N–H and O–H groups in total. The molecule has 4 heteroatoms. The lowest BCUT2D eigenvalue weighted by Gasteiger charge is -2.24. The van der Waals surface area contributed by atoms with Crippen LogP contribution in [-0.4, -0.2) is 16.4 Å². The quantitative estimate of drug-likeness (QED) is 0.844. The summed E-state index contributed by atoms with van der Waals surface area (Å²) >= 11 is 1.70. The van der Waals surface area contributed by atoms with Crippen LogP contribution in [0.15, 0.2) is 29.6 Å². The maximum Gasteiger partial charge on any atom is 0.123 e. The minimum Gasteiger partial charge on any atom is -0.290 e. The van der Waals surface area contributed by atoms with Gasteiger partial charge in [-0.1, -0.05) is 12.1 Å². The maximum atomic E-state index is 13.0. The average Bonchev–Trinajstić information content (AvgIpc) is 3.00. The van der Waals surface area contributed by atoms with Crippen LogP contribution in [-0.2, 0) is 6.54 Å². The Morgan fingerprint density at radius 3 is 2.84 bits per heavy atom. The van der Waals surface area contributed by atoms with Crippen molar-refractivity contribution < 1.29 is 4.39 Å². The van der Waals surface area contributed by atoms with Gasteiger partial charge in [-0.15, -0.1) is 11.3 Å². The van der Waals surface area contributed by atoms with E-state index < -0.39 is 0 Å². The SMILES string of the molecule is Cc1nc(CN2CCCC2c2ccc(F)cc2)cs1. The summed E-state index contributed by atoms with van der Waals surface area (Å²) in [7, 11) is 0. The number of benzene rings is 1. The van der Waals surface area contributed by atoms with Crippen LogP contribution >= 0.6 is 11.3 Å². The van der Waals surface area contributed by atoms with Gasteiger partial charge in [0, 0.05) is 18.0 Å². The Kier molecular flexibility index (Phi) is 3.62. The number of thiazole rings is 1. The highest BCUT2D eigenvalue weighted by molar-refractivity contribution is 7.09. The molecule has 1 saturated heterocycles. The molecule has 100 valence electrons. The fraction of sp³-hybridized carbons (Fsp3) is 0.400. The second-order valence-corrected chi connectivity index (χ2v) is 6.10. The highest BCUT2D eigenvalue weighted by Gasteiger charge is 2.26. The second-order valence-electron chi connectivity index (χ2n) is 5.04. The van der Waals surface area contributed by atoms with E-state index in [0.717, 1.165) is 30.2 Å². The van der Waals surface area contributed by atoms with Gasteiger partial charge in [0.1, 0.15) is 5.82 Å². The van der Waals surface area contributed by atoms with E-state index in [-0.39, 0.29) is 5.82 Å². The van der Waals surface area contributed by atoms with Crippen LogP contribution < -0.4 is 0 Å².